The first-order chi connectivity index (χ1) is 13.2. The van der Waals surface area contributed by atoms with E-state index in [1.165, 1.54) is 32.4 Å². The van der Waals surface area contributed by atoms with Crippen LogP contribution in [0.4, 0.5) is 5.69 Å². The molecule has 28 heavy (non-hydrogen) atoms. The normalized spacial score (nSPS) is 10.9. The summed E-state index contributed by atoms with van der Waals surface area (Å²) < 4.78 is 38.5. The molecule has 2 rings (SSSR count). The molecule has 150 valence electrons. The van der Waals surface area contributed by atoms with Gasteiger partial charge in [0.05, 0.1) is 29.8 Å². The third kappa shape index (κ3) is 5.14. The number of esters is 1. The lowest BCUT2D eigenvalue weighted by molar-refractivity contribution is -0.119. The first-order valence-corrected chi connectivity index (χ1v) is 10.1. The van der Waals surface area contributed by atoms with Gasteiger partial charge in [-0.2, -0.15) is 0 Å². The van der Waals surface area contributed by atoms with E-state index in [-0.39, 0.29) is 32.7 Å². The second-order valence-electron chi connectivity index (χ2n) is 5.58. The molecule has 10 heteroatoms. The largest absolute Gasteiger partial charge is 0.496 e. The Morgan fingerprint density at radius 1 is 1.07 bits per heavy atom. The van der Waals surface area contributed by atoms with E-state index in [0.29, 0.717) is 0 Å². The number of ether oxygens (including phenoxy) is 3. The lowest BCUT2D eigenvalue weighted by Crippen LogP contribution is -2.21. The standard InChI is InChI=1S/C18H18ClNO7S/c1-25-14-5-4-6-15(26-2)17(14)18(22)27-10-16(21)20-13-9-11(28(3,23)24)7-8-12(13)19/h4-9H,10H2,1-3H3,(H,20,21). The van der Waals surface area contributed by atoms with Crippen LogP contribution in [0.2, 0.25) is 5.02 Å². The molecule has 2 aromatic rings. The van der Waals surface area contributed by atoms with Gasteiger partial charge < -0.3 is 19.5 Å². The molecule has 2 aromatic carbocycles. The molecular weight excluding hydrogens is 410 g/mol. The molecule has 0 aliphatic carbocycles. The summed E-state index contributed by atoms with van der Waals surface area (Å²) in [7, 11) is -0.710. The van der Waals surface area contributed by atoms with Crippen LogP contribution in [0.3, 0.4) is 0 Å². The summed E-state index contributed by atoms with van der Waals surface area (Å²) in [5, 5.41) is 2.55. The van der Waals surface area contributed by atoms with Gasteiger partial charge in [0.15, 0.2) is 16.4 Å². The van der Waals surface area contributed by atoms with Crippen LogP contribution in [0.1, 0.15) is 10.4 Å². The van der Waals surface area contributed by atoms with E-state index in [2.05, 4.69) is 5.32 Å². The predicted molar refractivity (Wildman–Crippen MR) is 103 cm³/mol. The highest BCUT2D eigenvalue weighted by Gasteiger charge is 2.21. The van der Waals surface area contributed by atoms with E-state index < -0.39 is 28.3 Å². The van der Waals surface area contributed by atoms with Gasteiger partial charge >= 0.3 is 5.97 Å². The summed E-state index contributed by atoms with van der Waals surface area (Å²) in [6, 6.07) is 8.63. The zero-order chi connectivity index (χ0) is 20.9. The zero-order valence-corrected chi connectivity index (χ0v) is 16.9. The smallest absolute Gasteiger partial charge is 0.346 e. The van der Waals surface area contributed by atoms with Gasteiger partial charge in [-0.15, -0.1) is 0 Å². The van der Waals surface area contributed by atoms with E-state index in [9.17, 15) is 18.0 Å². The summed E-state index contributed by atoms with van der Waals surface area (Å²) in [5.41, 5.74) is 0.123. The number of rotatable bonds is 7. The second-order valence-corrected chi connectivity index (χ2v) is 8.00. The molecule has 0 fully saturated rings. The first kappa shape index (κ1) is 21.5. The summed E-state index contributed by atoms with van der Waals surface area (Å²) in [6.45, 7) is -0.626. The van der Waals surface area contributed by atoms with Crippen molar-refractivity contribution in [3.8, 4) is 11.5 Å². The average molecular weight is 428 g/mol. The fourth-order valence-electron chi connectivity index (χ4n) is 2.27. The molecule has 0 aliphatic rings. The summed E-state index contributed by atoms with van der Waals surface area (Å²) in [5.74, 6) is -1.06. The number of amides is 1. The van der Waals surface area contributed by atoms with Crippen molar-refractivity contribution in [2.24, 2.45) is 0 Å². The molecule has 0 saturated heterocycles. The Morgan fingerprint density at radius 3 is 2.21 bits per heavy atom. The molecule has 1 amide bonds. The summed E-state index contributed by atoms with van der Waals surface area (Å²) >= 11 is 5.98. The Morgan fingerprint density at radius 2 is 1.68 bits per heavy atom. The maximum absolute atomic E-state index is 12.3. The number of nitrogens with one attached hydrogen (secondary N) is 1. The number of carbonyl (C=O) groups is 2. The third-order valence-corrected chi connectivity index (χ3v) is 5.05. The topological polar surface area (TPSA) is 108 Å². The minimum Gasteiger partial charge on any atom is -0.496 e. The van der Waals surface area contributed by atoms with Crippen molar-refractivity contribution in [1.82, 2.24) is 0 Å². The van der Waals surface area contributed by atoms with Gasteiger partial charge in [-0.1, -0.05) is 17.7 Å². The minimum atomic E-state index is -3.48. The van der Waals surface area contributed by atoms with E-state index in [0.717, 1.165) is 6.26 Å². The fraction of sp³-hybridized carbons (Fsp3) is 0.222. The van der Waals surface area contributed by atoms with E-state index in [4.69, 9.17) is 25.8 Å². The quantitative estimate of drug-likeness (QED) is 0.676. The number of anilines is 1. The van der Waals surface area contributed by atoms with Crippen LogP contribution in [0.15, 0.2) is 41.3 Å². The Kier molecular flexibility index (Phi) is 6.87. The van der Waals surface area contributed by atoms with Gasteiger partial charge in [-0.05, 0) is 30.3 Å². The maximum atomic E-state index is 12.3. The lowest BCUT2D eigenvalue weighted by atomic mass is 10.2. The average Bonchev–Trinajstić information content (AvgIpc) is 2.66. The Balaban J connectivity index is 2.11. The highest BCUT2D eigenvalue weighted by molar-refractivity contribution is 7.90. The second kappa shape index (κ2) is 8.94. The van der Waals surface area contributed by atoms with Crippen LogP contribution in [-0.2, 0) is 19.4 Å². The highest BCUT2D eigenvalue weighted by atomic mass is 35.5. The van der Waals surface area contributed by atoms with Crippen LogP contribution < -0.4 is 14.8 Å². The number of methoxy groups -OCH3 is 2. The number of hydrogen-bond donors (Lipinski definition) is 1. The Hall–Kier alpha value is -2.78. The SMILES string of the molecule is COc1cccc(OC)c1C(=O)OCC(=O)Nc1cc(S(C)(=O)=O)ccc1Cl. The van der Waals surface area contributed by atoms with Crippen LogP contribution in [0, 0.1) is 0 Å². The molecule has 0 unspecified atom stereocenters. The van der Waals surface area contributed by atoms with Gasteiger partial charge in [-0.25, -0.2) is 13.2 Å². The van der Waals surface area contributed by atoms with Crippen molar-refractivity contribution in [2.45, 2.75) is 4.90 Å². The summed E-state index contributed by atoms with van der Waals surface area (Å²) in [4.78, 5) is 24.4. The van der Waals surface area contributed by atoms with Crippen molar-refractivity contribution in [3.63, 3.8) is 0 Å². The van der Waals surface area contributed by atoms with Gasteiger partial charge in [0.2, 0.25) is 0 Å². The molecular formula is C18H18ClNO7S. The zero-order valence-electron chi connectivity index (χ0n) is 15.3. The van der Waals surface area contributed by atoms with Crippen molar-refractivity contribution >= 4 is 39.0 Å². The van der Waals surface area contributed by atoms with Crippen LogP contribution in [0.5, 0.6) is 11.5 Å². The van der Waals surface area contributed by atoms with Gasteiger partial charge in [0, 0.05) is 6.26 Å². The molecule has 0 bridgehead atoms. The van der Waals surface area contributed by atoms with Crippen LogP contribution in [-0.4, -0.2) is 47.4 Å². The first-order valence-electron chi connectivity index (χ1n) is 7.85. The lowest BCUT2D eigenvalue weighted by Gasteiger charge is -2.13. The van der Waals surface area contributed by atoms with Gasteiger partial charge in [0.25, 0.3) is 5.91 Å². The molecule has 0 spiro atoms. The third-order valence-electron chi connectivity index (χ3n) is 3.61. The van der Waals surface area contributed by atoms with Gasteiger partial charge in [0.1, 0.15) is 17.1 Å². The van der Waals surface area contributed by atoms with Gasteiger partial charge in [-0.3, -0.25) is 4.79 Å². The van der Waals surface area contributed by atoms with Crippen molar-refractivity contribution < 1.29 is 32.2 Å². The van der Waals surface area contributed by atoms with Crippen LogP contribution >= 0.6 is 11.6 Å². The van der Waals surface area contributed by atoms with Crippen LogP contribution in [0.25, 0.3) is 0 Å². The predicted octanol–water partition coefficient (Wildman–Crippen LogP) is 2.56. The number of benzene rings is 2. The minimum absolute atomic E-state index is 0.0112. The number of halogens is 1. The van der Waals surface area contributed by atoms with Crippen molar-refractivity contribution in [2.75, 3.05) is 32.4 Å². The molecule has 0 saturated carbocycles. The molecule has 0 radical (unpaired) electrons. The monoisotopic (exact) mass is 427 g/mol. The Bertz CT molecular complexity index is 983. The van der Waals surface area contributed by atoms with E-state index in [1.807, 2.05) is 0 Å². The molecule has 1 N–H and O–H groups in total. The Labute approximate surface area is 167 Å². The van der Waals surface area contributed by atoms with Crippen molar-refractivity contribution in [1.29, 1.82) is 0 Å². The molecule has 0 atom stereocenters. The van der Waals surface area contributed by atoms with E-state index in [1.54, 1.807) is 18.2 Å². The molecule has 0 heterocycles. The van der Waals surface area contributed by atoms with E-state index >= 15 is 0 Å². The number of carbonyl (C=O) groups excluding carboxylic acids is 2. The molecule has 8 nitrogen and oxygen atoms in total. The van der Waals surface area contributed by atoms with Crippen molar-refractivity contribution in [3.05, 3.63) is 47.0 Å². The molecule has 0 aromatic heterocycles. The molecule has 0 aliphatic heterocycles. The number of sulfone groups is 1. The number of hydrogen-bond acceptors (Lipinski definition) is 7. The fourth-order valence-corrected chi connectivity index (χ4v) is 3.08. The highest BCUT2D eigenvalue weighted by Crippen LogP contribution is 2.29. The summed E-state index contributed by atoms with van der Waals surface area (Å²) in [6.07, 6.45) is 1.03. The maximum Gasteiger partial charge on any atom is 0.346 e.